The number of aliphatic hydroxyl groups excluding tert-OH is 1. The molecule has 13 heavy (non-hydrogen) atoms. The van der Waals surface area contributed by atoms with E-state index in [0.717, 1.165) is 5.56 Å². The molecule has 0 aliphatic rings. The Kier molecular flexibility index (Phi) is 3.72. The number of rotatable bonds is 3. The molecule has 2 unspecified atom stereocenters. The van der Waals surface area contributed by atoms with Crippen LogP contribution in [0.25, 0.3) is 0 Å². The van der Waals surface area contributed by atoms with Crippen molar-refractivity contribution in [2.45, 2.75) is 19.1 Å². The average Bonchev–Trinajstić information content (AvgIpc) is 2.17. The Morgan fingerprint density at radius 3 is 2.31 bits per heavy atom. The maximum atomic E-state index is 9.77. The van der Waals surface area contributed by atoms with Gasteiger partial charge >= 0.3 is 0 Å². The standard InChI is InChI=1S/C10H14ClNO/c1-7(12-2)10(13)8-3-5-9(11)6-4-8/h3-7,10,12-13H,1-2H3. The van der Waals surface area contributed by atoms with Crippen LogP contribution in [0.3, 0.4) is 0 Å². The van der Waals surface area contributed by atoms with E-state index in [4.69, 9.17) is 11.6 Å². The van der Waals surface area contributed by atoms with Crippen LogP contribution < -0.4 is 5.32 Å². The molecule has 2 N–H and O–H groups in total. The van der Waals surface area contributed by atoms with Gasteiger partial charge in [0.2, 0.25) is 0 Å². The number of hydrogen-bond donors (Lipinski definition) is 2. The highest BCUT2D eigenvalue weighted by Gasteiger charge is 2.13. The molecule has 1 aromatic rings. The van der Waals surface area contributed by atoms with Gasteiger partial charge in [-0.05, 0) is 31.7 Å². The van der Waals surface area contributed by atoms with Gasteiger partial charge in [-0.3, -0.25) is 0 Å². The van der Waals surface area contributed by atoms with Crippen molar-refractivity contribution in [2.75, 3.05) is 7.05 Å². The van der Waals surface area contributed by atoms with Crippen LogP contribution in [-0.2, 0) is 0 Å². The number of nitrogens with one attached hydrogen (secondary N) is 1. The SMILES string of the molecule is CNC(C)C(O)c1ccc(Cl)cc1. The molecule has 0 fully saturated rings. The van der Waals surface area contributed by atoms with Crippen molar-refractivity contribution in [3.63, 3.8) is 0 Å². The van der Waals surface area contributed by atoms with E-state index in [9.17, 15) is 5.11 Å². The Labute approximate surface area is 83.5 Å². The fraction of sp³-hybridized carbons (Fsp3) is 0.400. The van der Waals surface area contributed by atoms with Crippen LogP contribution in [-0.4, -0.2) is 18.2 Å². The summed E-state index contributed by atoms with van der Waals surface area (Å²) >= 11 is 5.73. The lowest BCUT2D eigenvalue weighted by Crippen LogP contribution is -2.28. The van der Waals surface area contributed by atoms with Crippen LogP contribution in [0.2, 0.25) is 5.02 Å². The van der Waals surface area contributed by atoms with Gasteiger partial charge in [-0.2, -0.15) is 0 Å². The first-order chi connectivity index (χ1) is 6.15. The van der Waals surface area contributed by atoms with Crippen molar-refractivity contribution in [3.05, 3.63) is 34.9 Å². The zero-order valence-electron chi connectivity index (χ0n) is 7.79. The Balaban J connectivity index is 2.77. The fourth-order valence-electron chi connectivity index (χ4n) is 1.11. The second kappa shape index (κ2) is 4.61. The molecule has 2 nitrogen and oxygen atoms in total. The van der Waals surface area contributed by atoms with Gasteiger partial charge in [-0.1, -0.05) is 23.7 Å². The van der Waals surface area contributed by atoms with Gasteiger partial charge < -0.3 is 10.4 Å². The quantitative estimate of drug-likeness (QED) is 0.781. The normalized spacial score (nSPS) is 15.4. The second-order valence-electron chi connectivity index (χ2n) is 3.07. The van der Waals surface area contributed by atoms with Gasteiger partial charge in [-0.25, -0.2) is 0 Å². The van der Waals surface area contributed by atoms with E-state index in [1.165, 1.54) is 0 Å². The van der Waals surface area contributed by atoms with Crippen molar-refractivity contribution in [3.8, 4) is 0 Å². The molecule has 0 spiro atoms. The van der Waals surface area contributed by atoms with Crippen molar-refractivity contribution in [1.82, 2.24) is 5.32 Å². The summed E-state index contributed by atoms with van der Waals surface area (Å²) in [6, 6.07) is 7.27. The van der Waals surface area contributed by atoms with Crippen LogP contribution in [0.1, 0.15) is 18.6 Å². The number of hydrogen-bond acceptors (Lipinski definition) is 2. The largest absolute Gasteiger partial charge is 0.387 e. The lowest BCUT2D eigenvalue weighted by molar-refractivity contribution is 0.140. The smallest absolute Gasteiger partial charge is 0.0940 e. The van der Waals surface area contributed by atoms with Gasteiger partial charge in [0, 0.05) is 11.1 Å². The summed E-state index contributed by atoms with van der Waals surface area (Å²) in [6.45, 7) is 1.93. The molecule has 0 amide bonds. The molecular weight excluding hydrogens is 186 g/mol. The van der Waals surface area contributed by atoms with E-state index in [1.54, 1.807) is 12.1 Å². The molecule has 3 heteroatoms. The minimum absolute atomic E-state index is 0.0428. The molecule has 0 radical (unpaired) electrons. The summed E-state index contributed by atoms with van der Waals surface area (Å²) in [5.74, 6) is 0. The molecule has 72 valence electrons. The zero-order valence-corrected chi connectivity index (χ0v) is 8.55. The molecule has 1 rings (SSSR count). The molecule has 0 saturated carbocycles. The predicted octanol–water partition coefficient (Wildman–Crippen LogP) is 1.98. The van der Waals surface area contributed by atoms with E-state index >= 15 is 0 Å². The summed E-state index contributed by atoms with van der Waals surface area (Å²) in [4.78, 5) is 0. The van der Waals surface area contributed by atoms with Gasteiger partial charge in [0.05, 0.1) is 6.10 Å². The highest BCUT2D eigenvalue weighted by atomic mass is 35.5. The van der Waals surface area contributed by atoms with Gasteiger partial charge in [-0.15, -0.1) is 0 Å². The van der Waals surface area contributed by atoms with Crippen LogP contribution in [0.4, 0.5) is 0 Å². The van der Waals surface area contributed by atoms with Crippen LogP contribution in [0.5, 0.6) is 0 Å². The van der Waals surface area contributed by atoms with Crippen molar-refractivity contribution in [2.24, 2.45) is 0 Å². The minimum atomic E-state index is -0.484. The van der Waals surface area contributed by atoms with Gasteiger partial charge in [0.1, 0.15) is 0 Å². The lowest BCUT2D eigenvalue weighted by atomic mass is 10.0. The fourth-order valence-corrected chi connectivity index (χ4v) is 1.23. The summed E-state index contributed by atoms with van der Waals surface area (Å²) < 4.78 is 0. The molecule has 0 aromatic heterocycles. The van der Waals surface area contributed by atoms with E-state index in [-0.39, 0.29) is 6.04 Å². The first-order valence-electron chi connectivity index (χ1n) is 4.26. The number of halogens is 1. The van der Waals surface area contributed by atoms with E-state index in [0.29, 0.717) is 5.02 Å². The minimum Gasteiger partial charge on any atom is -0.387 e. The summed E-state index contributed by atoms with van der Waals surface area (Å²) in [7, 11) is 1.82. The first-order valence-corrected chi connectivity index (χ1v) is 4.63. The van der Waals surface area contributed by atoms with Crippen LogP contribution in [0, 0.1) is 0 Å². The molecular formula is C10H14ClNO. The number of benzene rings is 1. The van der Waals surface area contributed by atoms with Crippen molar-refractivity contribution in [1.29, 1.82) is 0 Å². The summed E-state index contributed by atoms with van der Waals surface area (Å²) in [5, 5.41) is 13.5. The van der Waals surface area contributed by atoms with E-state index < -0.39 is 6.10 Å². The van der Waals surface area contributed by atoms with E-state index in [1.807, 2.05) is 26.1 Å². The third kappa shape index (κ3) is 2.69. The van der Waals surface area contributed by atoms with Gasteiger partial charge in [0.15, 0.2) is 0 Å². The predicted molar refractivity (Wildman–Crippen MR) is 54.9 cm³/mol. The Morgan fingerprint density at radius 1 is 1.31 bits per heavy atom. The zero-order chi connectivity index (χ0) is 9.84. The Hall–Kier alpha value is -0.570. The Bertz CT molecular complexity index is 260. The highest BCUT2D eigenvalue weighted by Crippen LogP contribution is 2.18. The Morgan fingerprint density at radius 2 is 1.85 bits per heavy atom. The monoisotopic (exact) mass is 199 g/mol. The van der Waals surface area contributed by atoms with Crippen molar-refractivity contribution >= 4 is 11.6 Å². The third-order valence-corrected chi connectivity index (χ3v) is 2.39. The highest BCUT2D eigenvalue weighted by molar-refractivity contribution is 6.30. The molecule has 2 atom stereocenters. The maximum Gasteiger partial charge on any atom is 0.0940 e. The number of likely N-dealkylation sites (N-methyl/N-ethyl adjacent to an activating group) is 1. The van der Waals surface area contributed by atoms with Crippen LogP contribution in [0.15, 0.2) is 24.3 Å². The average molecular weight is 200 g/mol. The summed E-state index contributed by atoms with van der Waals surface area (Å²) in [5.41, 5.74) is 0.881. The molecule has 0 aliphatic carbocycles. The van der Waals surface area contributed by atoms with Crippen molar-refractivity contribution < 1.29 is 5.11 Å². The molecule has 0 bridgehead atoms. The van der Waals surface area contributed by atoms with E-state index in [2.05, 4.69) is 5.32 Å². The molecule has 0 saturated heterocycles. The molecule has 1 aromatic carbocycles. The summed E-state index contributed by atoms with van der Waals surface area (Å²) in [6.07, 6.45) is -0.484. The first kappa shape index (κ1) is 10.5. The van der Waals surface area contributed by atoms with Crippen LogP contribution >= 0.6 is 11.6 Å². The molecule has 0 heterocycles. The third-order valence-electron chi connectivity index (χ3n) is 2.14. The maximum absolute atomic E-state index is 9.77. The van der Waals surface area contributed by atoms with Gasteiger partial charge in [0.25, 0.3) is 0 Å². The topological polar surface area (TPSA) is 32.3 Å². The lowest BCUT2D eigenvalue weighted by Gasteiger charge is -2.18. The molecule has 0 aliphatic heterocycles. The number of aliphatic hydroxyl groups is 1. The second-order valence-corrected chi connectivity index (χ2v) is 3.51.